The van der Waals surface area contributed by atoms with Gasteiger partial charge >= 0.3 is 0 Å². The summed E-state index contributed by atoms with van der Waals surface area (Å²) in [5.74, 6) is 0.633. The molecule has 2 unspecified atom stereocenters. The quantitative estimate of drug-likeness (QED) is 0.787. The van der Waals surface area contributed by atoms with E-state index in [1.807, 2.05) is 24.3 Å². The molecular formula is C21H27N3O3. The maximum atomic E-state index is 12.8. The van der Waals surface area contributed by atoms with Crippen LogP contribution < -0.4 is 20.5 Å². The van der Waals surface area contributed by atoms with E-state index in [9.17, 15) is 9.59 Å². The number of nitrogens with one attached hydrogen (secondary N) is 2. The van der Waals surface area contributed by atoms with Crippen LogP contribution in [0.15, 0.2) is 47.4 Å². The summed E-state index contributed by atoms with van der Waals surface area (Å²) in [7, 11) is 0. The van der Waals surface area contributed by atoms with Gasteiger partial charge in [-0.2, -0.15) is 0 Å². The molecule has 2 heterocycles. The molecule has 0 bridgehead atoms. The zero-order chi connectivity index (χ0) is 19.2. The summed E-state index contributed by atoms with van der Waals surface area (Å²) in [5.41, 5.74) is 1.80. The third-order valence-electron chi connectivity index (χ3n) is 4.85. The number of carbonyl (C=O) groups is 1. The van der Waals surface area contributed by atoms with Crippen molar-refractivity contribution in [2.45, 2.75) is 51.8 Å². The van der Waals surface area contributed by atoms with Gasteiger partial charge in [0.25, 0.3) is 5.91 Å². The van der Waals surface area contributed by atoms with E-state index in [1.54, 1.807) is 12.3 Å². The van der Waals surface area contributed by atoms with Gasteiger partial charge in [0.1, 0.15) is 5.75 Å². The second-order valence-electron chi connectivity index (χ2n) is 6.92. The minimum atomic E-state index is -0.562. The van der Waals surface area contributed by atoms with Crippen LogP contribution in [-0.2, 0) is 11.3 Å². The molecule has 0 aliphatic carbocycles. The molecule has 0 radical (unpaired) electrons. The lowest BCUT2D eigenvalue weighted by molar-refractivity contribution is -0.128. The van der Waals surface area contributed by atoms with Crippen LogP contribution in [0.25, 0.3) is 0 Å². The smallest absolute Gasteiger partial charge is 0.263 e. The summed E-state index contributed by atoms with van der Waals surface area (Å²) in [4.78, 5) is 28.9. The van der Waals surface area contributed by atoms with Gasteiger partial charge in [-0.25, -0.2) is 0 Å². The number of benzene rings is 1. The maximum Gasteiger partial charge on any atom is 0.263 e. The maximum absolute atomic E-state index is 12.8. The van der Waals surface area contributed by atoms with E-state index in [4.69, 9.17) is 4.74 Å². The van der Waals surface area contributed by atoms with E-state index in [0.717, 1.165) is 30.5 Å². The molecular weight excluding hydrogens is 342 g/mol. The van der Waals surface area contributed by atoms with Gasteiger partial charge < -0.3 is 19.9 Å². The number of aromatic nitrogens is 1. The van der Waals surface area contributed by atoms with Gasteiger partial charge in [0.05, 0.1) is 12.2 Å². The molecule has 2 N–H and O–H groups in total. The molecule has 1 aromatic heterocycles. The standard InChI is InChI=1S/C21H27N3O3/c1-3-7-16(4-2)23-21(26)19-14-24(13-15-10-11-20(25)22-12-15)17-8-5-6-9-18(17)27-19/h5-6,8-12,16,19H,3-4,7,13-14H2,1-2H3,(H,22,25)(H,23,26). The summed E-state index contributed by atoms with van der Waals surface area (Å²) >= 11 is 0. The fourth-order valence-corrected chi connectivity index (χ4v) is 3.38. The van der Waals surface area contributed by atoms with Gasteiger partial charge in [0.15, 0.2) is 6.10 Å². The first kappa shape index (κ1) is 19.0. The van der Waals surface area contributed by atoms with Crippen molar-refractivity contribution in [1.29, 1.82) is 0 Å². The third kappa shape index (κ3) is 4.70. The van der Waals surface area contributed by atoms with Crippen LogP contribution in [0.3, 0.4) is 0 Å². The highest BCUT2D eigenvalue weighted by Crippen LogP contribution is 2.34. The molecule has 1 aliphatic heterocycles. The Bertz CT molecular complexity index is 813. The zero-order valence-corrected chi connectivity index (χ0v) is 15.9. The highest BCUT2D eigenvalue weighted by molar-refractivity contribution is 5.83. The molecule has 2 aromatic rings. The number of pyridine rings is 1. The molecule has 0 saturated carbocycles. The lowest BCUT2D eigenvalue weighted by Crippen LogP contribution is -2.51. The molecule has 0 spiro atoms. The largest absolute Gasteiger partial charge is 0.477 e. The van der Waals surface area contributed by atoms with Crippen LogP contribution in [0.1, 0.15) is 38.7 Å². The molecule has 1 aliphatic rings. The Morgan fingerprint density at radius 3 is 2.81 bits per heavy atom. The molecule has 27 heavy (non-hydrogen) atoms. The first-order valence-corrected chi connectivity index (χ1v) is 9.59. The SMILES string of the molecule is CCCC(CC)NC(=O)C1CN(Cc2ccc(=O)[nH]c2)c2ccccc2O1. The second-order valence-corrected chi connectivity index (χ2v) is 6.92. The summed E-state index contributed by atoms with van der Waals surface area (Å²) < 4.78 is 5.99. The van der Waals surface area contributed by atoms with Crippen molar-refractivity contribution in [3.8, 4) is 5.75 Å². The second kappa shape index (κ2) is 8.75. The number of hydrogen-bond acceptors (Lipinski definition) is 4. The normalized spacial score (nSPS) is 17.0. The van der Waals surface area contributed by atoms with Crippen LogP contribution in [0.4, 0.5) is 5.69 Å². The number of amides is 1. The highest BCUT2D eigenvalue weighted by Gasteiger charge is 2.31. The summed E-state index contributed by atoms with van der Waals surface area (Å²) in [5, 5.41) is 3.12. The predicted molar refractivity (Wildman–Crippen MR) is 106 cm³/mol. The number of carbonyl (C=O) groups excluding carboxylic acids is 1. The molecule has 2 atom stereocenters. The number of nitrogens with zero attached hydrogens (tertiary/aromatic N) is 1. The molecule has 1 aromatic carbocycles. The molecule has 3 rings (SSSR count). The van der Waals surface area contributed by atoms with Gasteiger partial charge in [-0.3, -0.25) is 9.59 Å². The Kier molecular flexibility index (Phi) is 6.16. The number of anilines is 1. The van der Waals surface area contributed by atoms with Crippen LogP contribution >= 0.6 is 0 Å². The number of rotatable bonds is 7. The van der Waals surface area contributed by atoms with E-state index in [1.165, 1.54) is 6.07 Å². The van der Waals surface area contributed by atoms with Crippen LogP contribution in [-0.4, -0.2) is 29.6 Å². The van der Waals surface area contributed by atoms with Gasteiger partial charge in [-0.15, -0.1) is 0 Å². The van der Waals surface area contributed by atoms with Crippen LogP contribution in [0, 0.1) is 0 Å². The van der Waals surface area contributed by atoms with Crippen molar-refractivity contribution < 1.29 is 9.53 Å². The number of para-hydroxylation sites is 2. The third-order valence-corrected chi connectivity index (χ3v) is 4.85. The predicted octanol–water partition coefficient (Wildman–Crippen LogP) is 2.84. The molecule has 0 fully saturated rings. The van der Waals surface area contributed by atoms with Crippen LogP contribution in [0.5, 0.6) is 5.75 Å². The van der Waals surface area contributed by atoms with Crippen molar-refractivity contribution in [3.05, 3.63) is 58.5 Å². The molecule has 6 heteroatoms. The number of hydrogen-bond donors (Lipinski definition) is 2. The number of ether oxygens (including phenoxy) is 1. The van der Waals surface area contributed by atoms with E-state index >= 15 is 0 Å². The molecule has 0 saturated heterocycles. The number of aromatic amines is 1. The van der Waals surface area contributed by atoms with Crippen LogP contribution in [0.2, 0.25) is 0 Å². The zero-order valence-electron chi connectivity index (χ0n) is 15.9. The van der Waals surface area contributed by atoms with E-state index in [-0.39, 0.29) is 17.5 Å². The lowest BCUT2D eigenvalue weighted by atomic mass is 10.1. The minimum absolute atomic E-state index is 0.0729. The minimum Gasteiger partial charge on any atom is -0.477 e. The fraction of sp³-hybridized carbons (Fsp3) is 0.429. The Morgan fingerprint density at radius 1 is 1.30 bits per heavy atom. The van der Waals surface area contributed by atoms with E-state index in [0.29, 0.717) is 18.8 Å². The summed E-state index contributed by atoms with van der Waals surface area (Å²) in [6.07, 6.45) is 4.06. The average Bonchev–Trinajstić information content (AvgIpc) is 2.69. The summed E-state index contributed by atoms with van der Waals surface area (Å²) in [6.45, 7) is 5.26. The van der Waals surface area contributed by atoms with E-state index in [2.05, 4.69) is 29.0 Å². The van der Waals surface area contributed by atoms with Crippen molar-refractivity contribution in [1.82, 2.24) is 10.3 Å². The topological polar surface area (TPSA) is 74.4 Å². The summed E-state index contributed by atoms with van der Waals surface area (Å²) in [6, 6.07) is 11.2. The van der Waals surface area contributed by atoms with Gasteiger partial charge in [-0.05, 0) is 30.5 Å². The average molecular weight is 369 g/mol. The van der Waals surface area contributed by atoms with Gasteiger partial charge in [-0.1, -0.05) is 38.5 Å². The lowest BCUT2D eigenvalue weighted by Gasteiger charge is -2.36. The monoisotopic (exact) mass is 369 g/mol. The van der Waals surface area contributed by atoms with Crippen molar-refractivity contribution >= 4 is 11.6 Å². The first-order valence-electron chi connectivity index (χ1n) is 9.59. The van der Waals surface area contributed by atoms with Crippen molar-refractivity contribution in [2.24, 2.45) is 0 Å². The fourth-order valence-electron chi connectivity index (χ4n) is 3.38. The van der Waals surface area contributed by atoms with Gasteiger partial charge in [0.2, 0.25) is 5.56 Å². The Morgan fingerprint density at radius 2 is 2.11 bits per heavy atom. The van der Waals surface area contributed by atoms with Crippen molar-refractivity contribution in [2.75, 3.05) is 11.4 Å². The Labute approximate surface area is 159 Å². The molecule has 144 valence electrons. The number of H-pyrrole nitrogens is 1. The highest BCUT2D eigenvalue weighted by atomic mass is 16.5. The van der Waals surface area contributed by atoms with Crippen molar-refractivity contribution in [3.63, 3.8) is 0 Å². The molecule has 6 nitrogen and oxygen atoms in total. The Hall–Kier alpha value is -2.76. The first-order chi connectivity index (χ1) is 13.1. The number of fused-ring (bicyclic) bond motifs is 1. The van der Waals surface area contributed by atoms with E-state index < -0.39 is 6.10 Å². The van der Waals surface area contributed by atoms with Gasteiger partial charge in [0, 0.05) is 24.8 Å². The molecule has 1 amide bonds. The Balaban J connectivity index is 1.78.